The third kappa shape index (κ3) is 5.47. The lowest BCUT2D eigenvalue weighted by Crippen LogP contribution is -2.38. The van der Waals surface area contributed by atoms with Crippen molar-refractivity contribution in [3.63, 3.8) is 0 Å². The lowest BCUT2D eigenvalue weighted by atomic mass is 10.0. The van der Waals surface area contributed by atoms with E-state index in [1.54, 1.807) is 38.1 Å². The minimum atomic E-state index is -1.91. The van der Waals surface area contributed by atoms with Gasteiger partial charge in [0.15, 0.2) is 11.5 Å². The molecule has 0 bridgehead atoms. The van der Waals surface area contributed by atoms with Crippen molar-refractivity contribution in [1.82, 2.24) is 4.98 Å². The van der Waals surface area contributed by atoms with Crippen LogP contribution in [0.5, 0.6) is 0 Å². The minimum Gasteiger partial charge on any atom is -0.463 e. The third-order valence-corrected chi connectivity index (χ3v) is 3.79. The molecule has 0 spiro atoms. The fraction of sp³-hybridized carbons (Fsp3) is 0.286. The van der Waals surface area contributed by atoms with Crippen LogP contribution in [0.15, 0.2) is 42.6 Å². The molecule has 0 unspecified atom stereocenters. The zero-order valence-electron chi connectivity index (χ0n) is 16.3. The van der Waals surface area contributed by atoms with Crippen molar-refractivity contribution in [2.45, 2.75) is 26.9 Å². The molecular formula is C21H21NO7. The molecule has 2 aromatic rings. The van der Waals surface area contributed by atoms with Crippen LogP contribution >= 0.6 is 0 Å². The van der Waals surface area contributed by atoms with E-state index in [1.807, 2.05) is 6.92 Å². The first-order valence-corrected chi connectivity index (χ1v) is 8.99. The number of nitrogens with zero attached hydrogens (tertiary/aromatic N) is 1. The molecule has 0 atom stereocenters. The van der Waals surface area contributed by atoms with Crippen LogP contribution in [0.2, 0.25) is 0 Å². The van der Waals surface area contributed by atoms with Crippen LogP contribution in [0.3, 0.4) is 0 Å². The molecule has 0 aliphatic carbocycles. The van der Waals surface area contributed by atoms with Crippen LogP contribution in [0.4, 0.5) is 0 Å². The lowest BCUT2D eigenvalue weighted by Gasteiger charge is -2.15. The molecule has 0 N–H and O–H groups in total. The van der Waals surface area contributed by atoms with Gasteiger partial charge < -0.3 is 14.2 Å². The summed E-state index contributed by atoms with van der Waals surface area (Å²) >= 11 is 0. The van der Waals surface area contributed by atoms with Gasteiger partial charge in [-0.15, -0.1) is 0 Å². The number of carbonyl (C=O) groups is 4. The van der Waals surface area contributed by atoms with E-state index < -0.39 is 29.8 Å². The number of ether oxygens (including phenoxy) is 3. The molecule has 0 aliphatic rings. The zero-order valence-corrected chi connectivity index (χ0v) is 16.3. The van der Waals surface area contributed by atoms with Gasteiger partial charge in [0.1, 0.15) is 0 Å². The fourth-order valence-corrected chi connectivity index (χ4v) is 2.40. The number of esters is 3. The van der Waals surface area contributed by atoms with E-state index in [2.05, 4.69) is 4.98 Å². The van der Waals surface area contributed by atoms with E-state index in [0.717, 1.165) is 5.56 Å². The first kappa shape index (κ1) is 21.7. The Bertz CT molecular complexity index is 888. The van der Waals surface area contributed by atoms with Crippen LogP contribution in [-0.2, 0) is 23.8 Å². The van der Waals surface area contributed by atoms with Crippen molar-refractivity contribution >= 4 is 23.7 Å². The Morgan fingerprint density at radius 2 is 1.52 bits per heavy atom. The highest BCUT2D eigenvalue weighted by atomic mass is 16.6. The Labute approximate surface area is 167 Å². The second kappa shape index (κ2) is 10.1. The van der Waals surface area contributed by atoms with Gasteiger partial charge in [0, 0.05) is 11.8 Å². The predicted molar refractivity (Wildman–Crippen MR) is 101 cm³/mol. The Balaban J connectivity index is 2.32. The molecule has 1 aromatic carbocycles. The number of aromatic nitrogens is 1. The maximum atomic E-state index is 12.8. The van der Waals surface area contributed by atoms with E-state index in [-0.39, 0.29) is 24.5 Å². The maximum Gasteiger partial charge on any atom is 0.359 e. The van der Waals surface area contributed by atoms with Crippen molar-refractivity contribution in [2.75, 3.05) is 13.2 Å². The molecule has 29 heavy (non-hydrogen) atoms. The summed E-state index contributed by atoms with van der Waals surface area (Å²) in [6.45, 7) is 4.92. The molecule has 2 rings (SSSR count). The fourth-order valence-electron chi connectivity index (χ4n) is 2.40. The number of carbonyl (C=O) groups excluding carboxylic acids is 4. The second-order valence-electron chi connectivity index (χ2n) is 5.88. The van der Waals surface area contributed by atoms with Crippen LogP contribution in [0, 0.1) is 6.92 Å². The SMILES string of the molecule is CCOC(=O)C(OC(=O)c1ncccc1C(=O)c1ccc(C)cc1)C(=O)OCC. The highest BCUT2D eigenvalue weighted by Crippen LogP contribution is 2.16. The molecule has 0 radical (unpaired) electrons. The first-order valence-electron chi connectivity index (χ1n) is 8.99. The molecule has 8 heteroatoms. The smallest absolute Gasteiger partial charge is 0.359 e. The van der Waals surface area contributed by atoms with Crippen LogP contribution in [0.25, 0.3) is 0 Å². The number of ketones is 1. The molecule has 152 valence electrons. The van der Waals surface area contributed by atoms with Gasteiger partial charge in [0.2, 0.25) is 0 Å². The largest absolute Gasteiger partial charge is 0.463 e. The summed E-state index contributed by atoms with van der Waals surface area (Å²) in [4.78, 5) is 53.4. The highest BCUT2D eigenvalue weighted by molar-refractivity contribution is 6.14. The summed E-state index contributed by atoms with van der Waals surface area (Å²) in [5.41, 5.74) is 0.980. The Hall–Kier alpha value is -3.55. The zero-order chi connectivity index (χ0) is 21.4. The summed E-state index contributed by atoms with van der Waals surface area (Å²) in [6.07, 6.45) is -0.613. The Morgan fingerprint density at radius 1 is 0.931 bits per heavy atom. The Morgan fingerprint density at radius 3 is 2.07 bits per heavy atom. The first-order chi connectivity index (χ1) is 13.9. The van der Waals surface area contributed by atoms with Gasteiger partial charge in [-0.1, -0.05) is 29.8 Å². The number of rotatable bonds is 8. The molecule has 0 saturated carbocycles. The molecule has 0 saturated heterocycles. The maximum absolute atomic E-state index is 12.8. The Kier molecular flexibility index (Phi) is 7.59. The van der Waals surface area contributed by atoms with Gasteiger partial charge in [-0.2, -0.15) is 0 Å². The molecule has 1 heterocycles. The summed E-state index contributed by atoms with van der Waals surface area (Å²) in [5.74, 6) is -3.70. The molecule has 1 aromatic heterocycles. The van der Waals surface area contributed by atoms with Crippen molar-refractivity contribution in [3.8, 4) is 0 Å². The van der Waals surface area contributed by atoms with Gasteiger partial charge in [-0.05, 0) is 32.9 Å². The molecule has 0 fully saturated rings. The van der Waals surface area contributed by atoms with Crippen LogP contribution in [0.1, 0.15) is 45.8 Å². The van der Waals surface area contributed by atoms with Gasteiger partial charge in [-0.25, -0.2) is 19.4 Å². The van der Waals surface area contributed by atoms with E-state index >= 15 is 0 Å². The summed E-state index contributed by atoms with van der Waals surface area (Å²) in [7, 11) is 0. The monoisotopic (exact) mass is 399 g/mol. The van der Waals surface area contributed by atoms with Crippen molar-refractivity contribution in [2.24, 2.45) is 0 Å². The van der Waals surface area contributed by atoms with Crippen LogP contribution in [-0.4, -0.2) is 48.0 Å². The van der Waals surface area contributed by atoms with E-state index in [1.165, 1.54) is 18.3 Å². The predicted octanol–water partition coefficient (Wildman–Crippen LogP) is 2.27. The topological polar surface area (TPSA) is 109 Å². The molecule has 0 amide bonds. The van der Waals surface area contributed by atoms with Crippen molar-refractivity contribution < 1.29 is 33.4 Å². The summed E-state index contributed by atoms with van der Waals surface area (Å²) < 4.78 is 14.5. The van der Waals surface area contributed by atoms with Gasteiger partial charge >= 0.3 is 17.9 Å². The summed E-state index contributed by atoms with van der Waals surface area (Å²) in [6, 6.07) is 9.68. The van der Waals surface area contributed by atoms with E-state index in [4.69, 9.17) is 14.2 Å². The average Bonchev–Trinajstić information content (AvgIpc) is 2.72. The molecule has 0 aliphatic heterocycles. The number of pyridine rings is 1. The second-order valence-corrected chi connectivity index (χ2v) is 5.88. The minimum absolute atomic E-state index is 0.0205. The quantitative estimate of drug-likeness (QED) is 0.288. The van der Waals surface area contributed by atoms with Crippen molar-refractivity contribution in [3.05, 3.63) is 65.0 Å². The highest BCUT2D eigenvalue weighted by Gasteiger charge is 2.35. The molecule has 8 nitrogen and oxygen atoms in total. The standard InChI is InChI=1S/C21H21NO7/c1-4-27-20(25)18(21(26)28-5-2)29-19(24)16-15(7-6-12-22-16)17(23)14-10-8-13(3)9-11-14/h6-12,18H,4-5H2,1-3H3. The molecular weight excluding hydrogens is 378 g/mol. The normalized spacial score (nSPS) is 10.3. The average molecular weight is 399 g/mol. The van der Waals surface area contributed by atoms with E-state index in [9.17, 15) is 19.2 Å². The van der Waals surface area contributed by atoms with Crippen molar-refractivity contribution in [1.29, 1.82) is 0 Å². The van der Waals surface area contributed by atoms with Crippen LogP contribution < -0.4 is 0 Å². The summed E-state index contributed by atoms with van der Waals surface area (Å²) in [5, 5.41) is 0. The van der Waals surface area contributed by atoms with E-state index in [0.29, 0.717) is 5.56 Å². The van der Waals surface area contributed by atoms with Gasteiger partial charge in [0.05, 0.1) is 18.8 Å². The third-order valence-electron chi connectivity index (χ3n) is 3.79. The number of aryl methyl sites for hydroxylation is 1. The lowest BCUT2D eigenvalue weighted by molar-refractivity contribution is -0.168. The number of hydrogen-bond donors (Lipinski definition) is 0. The number of benzene rings is 1. The number of hydrogen-bond acceptors (Lipinski definition) is 8. The van der Waals surface area contributed by atoms with Gasteiger partial charge in [-0.3, -0.25) is 4.79 Å². The van der Waals surface area contributed by atoms with Gasteiger partial charge in [0.25, 0.3) is 6.10 Å².